The first-order chi connectivity index (χ1) is 10.1. The fourth-order valence-electron chi connectivity index (χ4n) is 3.72. The molecule has 1 amide bonds. The van der Waals surface area contributed by atoms with Crippen LogP contribution in [0.4, 0.5) is 5.69 Å². The SMILES string of the molecule is CC1Cc2ccccc2N(C(=O)CC2NCCCC2C)C1. The Morgan fingerprint density at radius 2 is 2.14 bits per heavy atom. The topological polar surface area (TPSA) is 32.3 Å². The van der Waals surface area contributed by atoms with Crippen molar-refractivity contribution in [3.63, 3.8) is 0 Å². The third-order valence-corrected chi connectivity index (χ3v) is 4.97. The predicted octanol–water partition coefficient (Wildman–Crippen LogP) is 2.99. The van der Waals surface area contributed by atoms with Crippen LogP contribution in [0.5, 0.6) is 0 Å². The number of para-hydroxylation sites is 1. The molecule has 3 nitrogen and oxygen atoms in total. The first-order valence-corrected chi connectivity index (χ1v) is 8.27. The summed E-state index contributed by atoms with van der Waals surface area (Å²) >= 11 is 0. The van der Waals surface area contributed by atoms with Crippen LogP contribution in [0.3, 0.4) is 0 Å². The van der Waals surface area contributed by atoms with Gasteiger partial charge in [-0.05, 0) is 49.3 Å². The van der Waals surface area contributed by atoms with Crippen LogP contribution in [-0.2, 0) is 11.2 Å². The minimum absolute atomic E-state index is 0.278. The summed E-state index contributed by atoms with van der Waals surface area (Å²) in [6.45, 7) is 6.40. The number of benzene rings is 1. The van der Waals surface area contributed by atoms with Crippen molar-refractivity contribution in [3.8, 4) is 0 Å². The van der Waals surface area contributed by atoms with Gasteiger partial charge in [-0.3, -0.25) is 4.79 Å². The second-order valence-electron chi connectivity index (χ2n) is 6.83. The summed E-state index contributed by atoms with van der Waals surface area (Å²) in [6, 6.07) is 8.71. The fourth-order valence-corrected chi connectivity index (χ4v) is 3.72. The van der Waals surface area contributed by atoms with Gasteiger partial charge in [0.2, 0.25) is 5.91 Å². The average molecular weight is 286 g/mol. The number of anilines is 1. The van der Waals surface area contributed by atoms with Crippen LogP contribution in [0, 0.1) is 11.8 Å². The molecule has 3 unspecified atom stereocenters. The smallest absolute Gasteiger partial charge is 0.228 e. The van der Waals surface area contributed by atoms with Crippen molar-refractivity contribution in [2.45, 2.75) is 45.6 Å². The molecule has 0 radical (unpaired) electrons. The molecule has 3 heteroatoms. The number of carbonyl (C=O) groups is 1. The van der Waals surface area contributed by atoms with Crippen molar-refractivity contribution in [3.05, 3.63) is 29.8 Å². The largest absolute Gasteiger partial charge is 0.313 e. The number of hydrogen-bond donors (Lipinski definition) is 1. The molecule has 3 rings (SSSR count). The Bertz CT molecular complexity index is 514. The normalized spacial score (nSPS) is 29.0. The van der Waals surface area contributed by atoms with Crippen molar-refractivity contribution in [1.29, 1.82) is 0 Å². The lowest BCUT2D eigenvalue weighted by atomic mass is 9.89. The molecule has 0 bridgehead atoms. The highest BCUT2D eigenvalue weighted by Gasteiger charge is 2.30. The van der Waals surface area contributed by atoms with E-state index >= 15 is 0 Å². The van der Waals surface area contributed by atoms with E-state index < -0.39 is 0 Å². The summed E-state index contributed by atoms with van der Waals surface area (Å²) < 4.78 is 0. The third kappa shape index (κ3) is 3.13. The van der Waals surface area contributed by atoms with Gasteiger partial charge < -0.3 is 10.2 Å². The van der Waals surface area contributed by atoms with E-state index in [9.17, 15) is 4.79 Å². The zero-order valence-corrected chi connectivity index (χ0v) is 13.1. The van der Waals surface area contributed by atoms with Crippen LogP contribution in [0.2, 0.25) is 0 Å². The Balaban J connectivity index is 1.75. The number of carbonyl (C=O) groups excluding carboxylic acids is 1. The van der Waals surface area contributed by atoms with Gasteiger partial charge in [-0.15, -0.1) is 0 Å². The Hall–Kier alpha value is -1.35. The summed E-state index contributed by atoms with van der Waals surface area (Å²) in [5.41, 5.74) is 2.44. The molecule has 3 atom stereocenters. The standard InChI is InChI=1S/C18H26N2O/c1-13-10-15-7-3-4-8-17(15)20(12-13)18(21)11-16-14(2)6-5-9-19-16/h3-4,7-8,13-14,16,19H,5-6,9-12H2,1-2H3. The number of nitrogens with zero attached hydrogens (tertiary/aromatic N) is 1. The molecular formula is C18H26N2O. The molecule has 2 aliphatic heterocycles. The number of piperidine rings is 1. The van der Waals surface area contributed by atoms with Gasteiger partial charge in [0.1, 0.15) is 0 Å². The molecule has 2 heterocycles. The maximum atomic E-state index is 12.8. The van der Waals surface area contributed by atoms with Gasteiger partial charge in [0.25, 0.3) is 0 Å². The van der Waals surface area contributed by atoms with Gasteiger partial charge in [0.05, 0.1) is 0 Å². The zero-order chi connectivity index (χ0) is 14.8. The Morgan fingerprint density at radius 3 is 2.95 bits per heavy atom. The van der Waals surface area contributed by atoms with Crippen molar-refractivity contribution >= 4 is 11.6 Å². The summed E-state index contributed by atoms with van der Waals surface area (Å²) in [4.78, 5) is 14.8. The highest BCUT2D eigenvalue weighted by atomic mass is 16.2. The summed E-state index contributed by atoms with van der Waals surface area (Å²) in [5.74, 6) is 1.42. The lowest BCUT2D eigenvalue weighted by molar-refractivity contribution is -0.119. The van der Waals surface area contributed by atoms with Gasteiger partial charge in [0.15, 0.2) is 0 Å². The third-order valence-electron chi connectivity index (χ3n) is 4.97. The number of fused-ring (bicyclic) bond motifs is 1. The van der Waals surface area contributed by atoms with Crippen molar-refractivity contribution in [2.75, 3.05) is 18.0 Å². The monoisotopic (exact) mass is 286 g/mol. The average Bonchev–Trinajstić information content (AvgIpc) is 2.48. The number of rotatable bonds is 2. The fraction of sp³-hybridized carbons (Fsp3) is 0.611. The van der Waals surface area contributed by atoms with Gasteiger partial charge in [0, 0.05) is 24.7 Å². The molecule has 1 aromatic rings. The van der Waals surface area contributed by atoms with Crippen LogP contribution in [-0.4, -0.2) is 25.0 Å². The second-order valence-corrected chi connectivity index (χ2v) is 6.83. The lowest BCUT2D eigenvalue weighted by Crippen LogP contribution is -2.46. The van der Waals surface area contributed by atoms with Crippen LogP contribution in [0.1, 0.15) is 38.7 Å². The van der Waals surface area contributed by atoms with Gasteiger partial charge in [-0.25, -0.2) is 0 Å². The molecule has 1 saturated heterocycles. The summed E-state index contributed by atoms with van der Waals surface area (Å²) in [6.07, 6.45) is 4.17. The van der Waals surface area contributed by atoms with E-state index in [1.54, 1.807) is 0 Å². The van der Waals surface area contributed by atoms with E-state index in [1.165, 1.54) is 18.4 Å². The number of nitrogens with one attached hydrogen (secondary N) is 1. The minimum Gasteiger partial charge on any atom is -0.313 e. The van der Waals surface area contributed by atoms with Crippen molar-refractivity contribution in [1.82, 2.24) is 5.32 Å². The Morgan fingerprint density at radius 1 is 1.33 bits per heavy atom. The second kappa shape index (κ2) is 6.18. The van der Waals surface area contributed by atoms with E-state index in [2.05, 4.69) is 37.4 Å². The molecule has 21 heavy (non-hydrogen) atoms. The van der Waals surface area contributed by atoms with E-state index in [0.29, 0.717) is 24.3 Å². The Labute approximate surface area is 127 Å². The molecule has 114 valence electrons. The van der Waals surface area contributed by atoms with Crippen LogP contribution < -0.4 is 10.2 Å². The highest BCUT2D eigenvalue weighted by molar-refractivity contribution is 5.95. The summed E-state index contributed by atoms with van der Waals surface area (Å²) in [7, 11) is 0. The van der Waals surface area contributed by atoms with E-state index in [1.807, 2.05) is 11.0 Å². The molecule has 1 N–H and O–H groups in total. The maximum absolute atomic E-state index is 12.8. The lowest BCUT2D eigenvalue weighted by Gasteiger charge is -2.36. The zero-order valence-electron chi connectivity index (χ0n) is 13.1. The van der Waals surface area contributed by atoms with Crippen LogP contribution >= 0.6 is 0 Å². The molecular weight excluding hydrogens is 260 g/mol. The molecule has 1 aromatic carbocycles. The maximum Gasteiger partial charge on any atom is 0.228 e. The van der Waals surface area contributed by atoms with E-state index in [4.69, 9.17) is 0 Å². The van der Waals surface area contributed by atoms with Crippen LogP contribution in [0.25, 0.3) is 0 Å². The molecule has 0 aliphatic carbocycles. The minimum atomic E-state index is 0.278. The van der Waals surface area contributed by atoms with Gasteiger partial charge >= 0.3 is 0 Å². The van der Waals surface area contributed by atoms with E-state index in [-0.39, 0.29) is 5.91 Å². The first-order valence-electron chi connectivity index (χ1n) is 8.27. The molecule has 1 fully saturated rings. The quantitative estimate of drug-likeness (QED) is 0.906. The molecule has 0 aromatic heterocycles. The molecule has 0 saturated carbocycles. The molecule has 2 aliphatic rings. The van der Waals surface area contributed by atoms with E-state index in [0.717, 1.165) is 25.2 Å². The first kappa shape index (κ1) is 14.6. The van der Waals surface area contributed by atoms with Crippen molar-refractivity contribution < 1.29 is 4.79 Å². The number of amides is 1. The Kier molecular flexibility index (Phi) is 4.29. The predicted molar refractivity (Wildman–Crippen MR) is 86.5 cm³/mol. The van der Waals surface area contributed by atoms with Crippen molar-refractivity contribution in [2.24, 2.45) is 11.8 Å². The van der Waals surface area contributed by atoms with Gasteiger partial charge in [-0.2, -0.15) is 0 Å². The van der Waals surface area contributed by atoms with Gasteiger partial charge in [-0.1, -0.05) is 32.0 Å². The number of hydrogen-bond acceptors (Lipinski definition) is 2. The summed E-state index contributed by atoms with van der Waals surface area (Å²) in [5, 5.41) is 3.53. The molecule has 0 spiro atoms. The highest BCUT2D eigenvalue weighted by Crippen LogP contribution is 2.30. The van der Waals surface area contributed by atoms with Crippen LogP contribution in [0.15, 0.2) is 24.3 Å².